The molecule has 0 atom stereocenters. The number of carbonyl (C=O) groups is 1. The van der Waals surface area contributed by atoms with Gasteiger partial charge in [-0.1, -0.05) is 23.7 Å². The van der Waals surface area contributed by atoms with E-state index in [1.165, 1.54) is 0 Å². The maximum absolute atomic E-state index is 12.2. The summed E-state index contributed by atoms with van der Waals surface area (Å²) in [5.41, 5.74) is 2.82. The van der Waals surface area contributed by atoms with Gasteiger partial charge in [-0.05, 0) is 37.6 Å². The van der Waals surface area contributed by atoms with Gasteiger partial charge in [-0.2, -0.15) is 0 Å². The van der Waals surface area contributed by atoms with Crippen molar-refractivity contribution in [3.8, 4) is 9.88 Å². The van der Waals surface area contributed by atoms with Crippen molar-refractivity contribution < 1.29 is 4.79 Å². The molecule has 0 aliphatic rings. The number of nitrogens with one attached hydrogen (secondary N) is 1. The van der Waals surface area contributed by atoms with Crippen LogP contribution in [-0.2, 0) is 11.2 Å². The van der Waals surface area contributed by atoms with Gasteiger partial charge in [0.1, 0.15) is 5.01 Å². The second-order valence-electron chi connectivity index (χ2n) is 5.23. The quantitative estimate of drug-likeness (QED) is 0.682. The number of aryl methyl sites for hydroxylation is 2. The van der Waals surface area contributed by atoms with Crippen LogP contribution < -0.4 is 5.32 Å². The molecule has 0 unspecified atom stereocenters. The summed E-state index contributed by atoms with van der Waals surface area (Å²) >= 11 is 9.13. The normalized spacial score (nSPS) is 10.7. The van der Waals surface area contributed by atoms with Crippen LogP contribution in [0.4, 0.5) is 5.69 Å². The minimum absolute atomic E-state index is 0.0323. The molecule has 0 saturated heterocycles. The molecule has 3 nitrogen and oxygen atoms in total. The predicted octanol–water partition coefficient (Wildman–Crippen LogP) is 5.32. The van der Waals surface area contributed by atoms with Crippen LogP contribution in [0.25, 0.3) is 9.88 Å². The van der Waals surface area contributed by atoms with E-state index in [0.717, 1.165) is 31.7 Å². The van der Waals surface area contributed by atoms with E-state index in [0.29, 0.717) is 11.4 Å². The fourth-order valence-electron chi connectivity index (χ4n) is 2.16. The lowest BCUT2D eigenvalue weighted by Gasteiger charge is -2.04. The lowest BCUT2D eigenvalue weighted by Crippen LogP contribution is -2.14. The molecule has 1 aromatic carbocycles. The van der Waals surface area contributed by atoms with Crippen molar-refractivity contribution in [1.82, 2.24) is 4.98 Å². The van der Waals surface area contributed by atoms with Gasteiger partial charge in [0.15, 0.2) is 0 Å². The topological polar surface area (TPSA) is 42.0 Å². The summed E-state index contributed by atoms with van der Waals surface area (Å²) < 4.78 is 0. The molecule has 0 saturated carbocycles. The molecule has 1 amide bonds. The summed E-state index contributed by atoms with van der Waals surface area (Å²) in [7, 11) is 0. The van der Waals surface area contributed by atoms with Crippen molar-refractivity contribution in [1.29, 1.82) is 0 Å². The Bertz CT molecular complexity index is 837. The number of thiazole rings is 1. The van der Waals surface area contributed by atoms with Crippen LogP contribution in [0.1, 0.15) is 16.1 Å². The van der Waals surface area contributed by atoms with Crippen LogP contribution >= 0.6 is 34.3 Å². The number of halogens is 1. The fraction of sp³-hybridized carbons (Fsp3) is 0.176. The first-order valence-electron chi connectivity index (χ1n) is 7.08. The lowest BCUT2D eigenvalue weighted by molar-refractivity contribution is -0.115. The monoisotopic (exact) mass is 362 g/mol. The summed E-state index contributed by atoms with van der Waals surface area (Å²) in [5.74, 6) is -0.0323. The molecule has 0 fully saturated rings. The molecule has 2 aromatic heterocycles. The van der Waals surface area contributed by atoms with E-state index in [1.54, 1.807) is 34.8 Å². The highest BCUT2D eigenvalue weighted by molar-refractivity contribution is 7.21. The number of rotatable bonds is 4. The number of benzene rings is 1. The summed E-state index contributed by atoms with van der Waals surface area (Å²) in [5, 5.41) is 6.68. The van der Waals surface area contributed by atoms with E-state index in [9.17, 15) is 4.79 Å². The zero-order valence-electron chi connectivity index (χ0n) is 12.7. The highest BCUT2D eigenvalue weighted by Crippen LogP contribution is 2.35. The molecule has 0 radical (unpaired) electrons. The van der Waals surface area contributed by atoms with Crippen LogP contribution in [0.15, 0.2) is 35.7 Å². The Kier molecular flexibility index (Phi) is 4.80. The first-order valence-corrected chi connectivity index (χ1v) is 9.16. The van der Waals surface area contributed by atoms with Crippen LogP contribution in [0, 0.1) is 13.8 Å². The molecule has 23 heavy (non-hydrogen) atoms. The molecule has 6 heteroatoms. The third kappa shape index (κ3) is 3.99. The van der Waals surface area contributed by atoms with Gasteiger partial charge in [0.25, 0.3) is 0 Å². The van der Waals surface area contributed by atoms with Crippen LogP contribution in [-0.4, -0.2) is 10.9 Å². The van der Waals surface area contributed by atoms with Gasteiger partial charge >= 0.3 is 0 Å². The SMILES string of the molecule is Cc1csc(-c2cc(NC(=O)Cc3ccc(Cl)cc3)c(C)s2)n1. The standard InChI is InChI=1S/C17H15ClN2OS2/c1-10-9-22-17(19-10)15-8-14(11(2)23-15)20-16(21)7-12-3-5-13(18)6-4-12/h3-6,8-9H,7H2,1-2H3,(H,20,21). The number of nitrogens with zero attached hydrogens (tertiary/aromatic N) is 1. The molecule has 0 aliphatic heterocycles. The zero-order valence-corrected chi connectivity index (χ0v) is 15.1. The molecule has 3 aromatic rings. The number of aromatic nitrogens is 1. The molecule has 2 heterocycles. The number of amides is 1. The van der Waals surface area contributed by atoms with Gasteiger partial charge in [-0.25, -0.2) is 4.98 Å². The zero-order chi connectivity index (χ0) is 16.4. The van der Waals surface area contributed by atoms with E-state index < -0.39 is 0 Å². The smallest absolute Gasteiger partial charge is 0.228 e. The average molecular weight is 363 g/mol. The first kappa shape index (κ1) is 16.2. The van der Waals surface area contributed by atoms with Crippen molar-refractivity contribution in [2.75, 3.05) is 5.32 Å². The third-order valence-electron chi connectivity index (χ3n) is 3.30. The Balaban J connectivity index is 1.71. The van der Waals surface area contributed by atoms with Crippen molar-refractivity contribution in [3.63, 3.8) is 0 Å². The molecule has 1 N–H and O–H groups in total. The first-order chi connectivity index (χ1) is 11.0. The Morgan fingerprint density at radius 1 is 1.26 bits per heavy atom. The Morgan fingerprint density at radius 2 is 2.00 bits per heavy atom. The molecule has 3 rings (SSSR count). The van der Waals surface area contributed by atoms with E-state index in [1.807, 2.05) is 37.4 Å². The van der Waals surface area contributed by atoms with E-state index in [-0.39, 0.29) is 5.91 Å². The summed E-state index contributed by atoms with van der Waals surface area (Å²) in [6, 6.07) is 9.32. The van der Waals surface area contributed by atoms with E-state index in [2.05, 4.69) is 10.3 Å². The summed E-state index contributed by atoms with van der Waals surface area (Å²) in [4.78, 5) is 18.9. The molecule has 0 spiro atoms. The molecule has 0 bridgehead atoms. The van der Waals surface area contributed by atoms with Gasteiger partial charge in [0.2, 0.25) is 5.91 Å². The number of carbonyl (C=O) groups excluding carboxylic acids is 1. The third-order valence-corrected chi connectivity index (χ3v) is 5.73. The second kappa shape index (κ2) is 6.83. The Hall–Kier alpha value is -1.69. The van der Waals surface area contributed by atoms with Crippen LogP contribution in [0.5, 0.6) is 0 Å². The molecular weight excluding hydrogens is 348 g/mol. The molecular formula is C17H15ClN2OS2. The Morgan fingerprint density at radius 3 is 2.65 bits per heavy atom. The van der Waals surface area contributed by atoms with Gasteiger partial charge < -0.3 is 5.32 Å². The van der Waals surface area contributed by atoms with Crippen LogP contribution in [0.2, 0.25) is 5.02 Å². The minimum atomic E-state index is -0.0323. The number of hydrogen-bond donors (Lipinski definition) is 1. The summed E-state index contributed by atoms with van der Waals surface area (Å²) in [6.07, 6.45) is 0.331. The van der Waals surface area contributed by atoms with Crippen molar-refractivity contribution in [2.24, 2.45) is 0 Å². The summed E-state index contributed by atoms with van der Waals surface area (Å²) in [6.45, 7) is 3.99. The molecule has 0 aliphatic carbocycles. The van der Waals surface area contributed by atoms with Crippen molar-refractivity contribution >= 4 is 45.9 Å². The van der Waals surface area contributed by atoms with Crippen LogP contribution in [0.3, 0.4) is 0 Å². The van der Waals surface area contributed by atoms with Gasteiger partial charge in [0, 0.05) is 21.0 Å². The highest BCUT2D eigenvalue weighted by Gasteiger charge is 2.12. The Labute approximate surface area is 148 Å². The van der Waals surface area contributed by atoms with Gasteiger partial charge in [-0.3, -0.25) is 4.79 Å². The number of thiophene rings is 1. The maximum atomic E-state index is 12.2. The largest absolute Gasteiger partial charge is 0.325 e. The maximum Gasteiger partial charge on any atom is 0.228 e. The molecule has 118 valence electrons. The number of anilines is 1. The average Bonchev–Trinajstić information content (AvgIpc) is 3.08. The van der Waals surface area contributed by atoms with Crippen molar-refractivity contribution in [3.05, 3.63) is 56.9 Å². The highest BCUT2D eigenvalue weighted by atomic mass is 35.5. The van der Waals surface area contributed by atoms with Gasteiger partial charge in [-0.15, -0.1) is 22.7 Å². The lowest BCUT2D eigenvalue weighted by atomic mass is 10.1. The van der Waals surface area contributed by atoms with E-state index in [4.69, 9.17) is 11.6 Å². The van der Waals surface area contributed by atoms with Gasteiger partial charge in [0.05, 0.1) is 17.0 Å². The van der Waals surface area contributed by atoms with Crippen molar-refractivity contribution in [2.45, 2.75) is 20.3 Å². The van der Waals surface area contributed by atoms with E-state index >= 15 is 0 Å². The second-order valence-corrected chi connectivity index (χ2v) is 7.78. The number of hydrogen-bond acceptors (Lipinski definition) is 4. The predicted molar refractivity (Wildman–Crippen MR) is 98.7 cm³/mol. The minimum Gasteiger partial charge on any atom is -0.325 e. The fourth-order valence-corrected chi connectivity index (χ4v) is 4.12.